The molecule has 0 aromatic carbocycles. The third kappa shape index (κ3) is 4.94. The van der Waals surface area contributed by atoms with E-state index in [1.807, 2.05) is 6.92 Å². The van der Waals surface area contributed by atoms with E-state index in [2.05, 4.69) is 13.8 Å². The van der Waals surface area contributed by atoms with Crippen molar-refractivity contribution in [2.24, 2.45) is 11.8 Å². The fourth-order valence-corrected chi connectivity index (χ4v) is 2.19. The Hall–Kier alpha value is -0.770. The summed E-state index contributed by atoms with van der Waals surface area (Å²) in [6.45, 7) is 7.59. The molecule has 1 aliphatic carbocycles. The summed E-state index contributed by atoms with van der Waals surface area (Å²) in [6, 6.07) is 0. The van der Waals surface area contributed by atoms with Gasteiger partial charge in [0.1, 0.15) is 12.7 Å². The maximum absolute atomic E-state index is 11.4. The van der Waals surface area contributed by atoms with E-state index >= 15 is 0 Å². The van der Waals surface area contributed by atoms with Gasteiger partial charge in [-0.3, -0.25) is 0 Å². The third-order valence-corrected chi connectivity index (χ3v) is 3.53. The van der Waals surface area contributed by atoms with Gasteiger partial charge < -0.3 is 14.2 Å². The van der Waals surface area contributed by atoms with E-state index in [9.17, 15) is 4.79 Å². The molecule has 0 bridgehead atoms. The third-order valence-electron chi connectivity index (χ3n) is 3.53. The zero-order chi connectivity index (χ0) is 12.7. The van der Waals surface area contributed by atoms with E-state index in [-0.39, 0.29) is 12.7 Å². The van der Waals surface area contributed by atoms with Gasteiger partial charge in [-0.05, 0) is 31.6 Å². The fraction of sp³-hybridized carbons (Fsp3) is 0.923. The number of hydrogen-bond donors (Lipinski definition) is 0. The minimum atomic E-state index is -0.560. The van der Waals surface area contributed by atoms with E-state index in [1.165, 1.54) is 6.42 Å². The molecule has 1 saturated carbocycles. The predicted octanol–water partition coefficient (Wildman–Crippen LogP) is 3.00. The summed E-state index contributed by atoms with van der Waals surface area (Å²) in [5, 5.41) is 0. The van der Waals surface area contributed by atoms with Crippen molar-refractivity contribution >= 4 is 6.16 Å². The van der Waals surface area contributed by atoms with Crippen LogP contribution in [0.15, 0.2) is 0 Å². The first-order valence-corrected chi connectivity index (χ1v) is 6.56. The molecular formula is C13H24O4. The highest BCUT2D eigenvalue weighted by atomic mass is 16.7. The first-order valence-electron chi connectivity index (χ1n) is 6.56. The SMILES string of the molecule is CCOCCOC(=O)OC1CCCC(C)C1C. The monoisotopic (exact) mass is 244 g/mol. The minimum absolute atomic E-state index is 0.0124. The van der Waals surface area contributed by atoms with Crippen molar-refractivity contribution in [2.45, 2.75) is 46.1 Å². The van der Waals surface area contributed by atoms with Crippen molar-refractivity contribution in [3.8, 4) is 0 Å². The Kier molecular flexibility index (Phi) is 6.34. The first kappa shape index (κ1) is 14.3. The van der Waals surface area contributed by atoms with Crippen LogP contribution in [0.3, 0.4) is 0 Å². The van der Waals surface area contributed by atoms with Gasteiger partial charge in [0, 0.05) is 6.61 Å². The van der Waals surface area contributed by atoms with E-state index in [0.717, 1.165) is 12.8 Å². The van der Waals surface area contributed by atoms with Gasteiger partial charge >= 0.3 is 6.16 Å². The van der Waals surface area contributed by atoms with E-state index in [0.29, 0.717) is 25.0 Å². The topological polar surface area (TPSA) is 44.8 Å². The predicted molar refractivity (Wildman–Crippen MR) is 64.9 cm³/mol. The Labute approximate surface area is 104 Å². The molecular weight excluding hydrogens is 220 g/mol. The smallest absolute Gasteiger partial charge is 0.432 e. The van der Waals surface area contributed by atoms with Crippen molar-refractivity contribution in [2.75, 3.05) is 19.8 Å². The molecule has 1 rings (SSSR count). The second kappa shape index (κ2) is 7.54. The van der Waals surface area contributed by atoms with Crippen LogP contribution < -0.4 is 0 Å². The largest absolute Gasteiger partial charge is 0.508 e. The number of carbonyl (C=O) groups is 1. The molecule has 1 fully saturated rings. The maximum Gasteiger partial charge on any atom is 0.508 e. The Bertz CT molecular complexity index is 229. The van der Waals surface area contributed by atoms with Gasteiger partial charge in [0.15, 0.2) is 0 Å². The molecule has 4 nitrogen and oxygen atoms in total. The fourth-order valence-electron chi connectivity index (χ4n) is 2.19. The maximum atomic E-state index is 11.4. The lowest BCUT2D eigenvalue weighted by atomic mass is 9.79. The first-order chi connectivity index (χ1) is 8.15. The van der Waals surface area contributed by atoms with Gasteiger partial charge in [0.2, 0.25) is 0 Å². The highest BCUT2D eigenvalue weighted by molar-refractivity contribution is 5.60. The molecule has 0 amide bonds. The van der Waals surface area contributed by atoms with E-state index in [4.69, 9.17) is 14.2 Å². The molecule has 0 N–H and O–H groups in total. The second-order valence-electron chi connectivity index (χ2n) is 4.72. The molecule has 0 heterocycles. The van der Waals surface area contributed by atoms with Crippen molar-refractivity contribution in [3.05, 3.63) is 0 Å². The normalized spacial score (nSPS) is 28.8. The van der Waals surface area contributed by atoms with E-state index < -0.39 is 6.16 Å². The van der Waals surface area contributed by atoms with Gasteiger partial charge in [-0.2, -0.15) is 0 Å². The average molecular weight is 244 g/mol. The minimum Gasteiger partial charge on any atom is -0.432 e. The zero-order valence-corrected chi connectivity index (χ0v) is 11.1. The van der Waals surface area contributed by atoms with Crippen LogP contribution in [0.2, 0.25) is 0 Å². The summed E-state index contributed by atoms with van der Waals surface area (Å²) in [4.78, 5) is 11.4. The van der Waals surface area contributed by atoms with Crippen molar-refractivity contribution in [3.63, 3.8) is 0 Å². The van der Waals surface area contributed by atoms with Gasteiger partial charge in [-0.1, -0.05) is 20.3 Å². The molecule has 17 heavy (non-hydrogen) atoms. The van der Waals surface area contributed by atoms with Crippen molar-refractivity contribution < 1.29 is 19.0 Å². The van der Waals surface area contributed by atoms with Crippen LogP contribution in [-0.4, -0.2) is 32.1 Å². The molecule has 0 spiro atoms. The van der Waals surface area contributed by atoms with Crippen molar-refractivity contribution in [1.82, 2.24) is 0 Å². The molecule has 3 atom stereocenters. The lowest BCUT2D eigenvalue weighted by molar-refractivity contribution is -0.0285. The zero-order valence-electron chi connectivity index (χ0n) is 11.1. The molecule has 3 unspecified atom stereocenters. The van der Waals surface area contributed by atoms with Gasteiger partial charge in [-0.25, -0.2) is 4.79 Å². The Morgan fingerprint density at radius 3 is 2.71 bits per heavy atom. The lowest BCUT2D eigenvalue weighted by Crippen LogP contribution is -2.33. The summed E-state index contributed by atoms with van der Waals surface area (Å²) < 4.78 is 15.4. The Morgan fingerprint density at radius 2 is 2.00 bits per heavy atom. The average Bonchev–Trinajstić information content (AvgIpc) is 2.31. The second-order valence-corrected chi connectivity index (χ2v) is 4.72. The van der Waals surface area contributed by atoms with Gasteiger partial charge in [0.25, 0.3) is 0 Å². The quantitative estimate of drug-likeness (QED) is 0.551. The highest BCUT2D eigenvalue weighted by Crippen LogP contribution is 2.31. The molecule has 0 aromatic heterocycles. The van der Waals surface area contributed by atoms with Crippen molar-refractivity contribution in [1.29, 1.82) is 0 Å². The van der Waals surface area contributed by atoms with Crippen LogP contribution >= 0.6 is 0 Å². The summed E-state index contributed by atoms with van der Waals surface area (Å²) in [5.41, 5.74) is 0. The molecule has 0 radical (unpaired) electrons. The standard InChI is InChI=1S/C13H24O4/c1-4-15-8-9-16-13(14)17-12-7-5-6-10(2)11(12)3/h10-12H,4-9H2,1-3H3. The number of carbonyl (C=O) groups excluding carboxylic acids is 1. The number of rotatable bonds is 5. The van der Waals surface area contributed by atoms with E-state index in [1.54, 1.807) is 0 Å². The Balaban J connectivity index is 2.20. The molecule has 0 aliphatic heterocycles. The summed E-state index contributed by atoms with van der Waals surface area (Å²) in [5.74, 6) is 1.04. The lowest BCUT2D eigenvalue weighted by Gasteiger charge is -2.33. The van der Waals surface area contributed by atoms with Gasteiger partial charge in [-0.15, -0.1) is 0 Å². The van der Waals surface area contributed by atoms with Gasteiger partial charge in [0.05, 0.1) is 6.61 Å². The molecule has 1 aliphatic rings. The molecule has 0 aromatic rings. The van der Waals surface area contributed by atoms with Crippen LogP contribution in [0.5, 0.6) is 0 Å². The van der Waals surface area contributed by atoms with Crippen LogP contribution in [0.4, 0.5) is 4.79 Å². The molecule has 4 heteroatoms. The highest BCUT2D eigenvalue weighted by Gasteiger charge is 2.30. The van der Waals surface area contributed by atoms with Crippen LogP contribution in [0, 0.1) is 11.8 Å². The molecule has 0 saturated heterocycles. The van der Waals surface area contributed by atoms with Crippen LogP contribution in [0.1, 0.15) is 40.0 Å². The number of ether oxygens (including phenoxy) is 3. The summed E-state index contributed by atoms with van der Waals surface area (Å²) >= 11 is 0. The summed E-state index contributed by atoms with van der Waals surface area (Å²) in [7, 11) is 0. The summed E-state index contributed by atoms with van der Waals surface area (Å²) in [6.07, 6.45) is 2.75. The number of hydrogen-bond acceptors (Lipinski definition) is 4. The van der Waals surface area contributed by atoms with Crippen LogP contribution in [-0.2, 0) is 14.2 Å². The molecule has 100 valence electrons. The Morgan fingerprint density at radius 1 is 1.24 bits per heavy atom. The van der Waals surface area contributed by atoms with Crippen LogP contribution in [0.25, 0.3) is 0 Å².